The third-order valence-electron chi connectivity index (χ3n) is 1.90. The summed E-state index contributed by atoms with van der Waals surface area (Å²) in [5.74, 6) is 0.243. The third kappa shape index (κ3) is 5.06. The standard InChI is InChI=1S/C11H17FN2O2/c1-14(2)13-7-10(15)8-16-11-5-3-9(12)4-6-11/h3-6,10,13,15H,7-8H2,1-2H3. The highest BCUT2D eigenvalue weighted by atomic mass is 19.1. The topological polar surface area (TPSA) is 44.7 Å². The normalized spacial score (nSPS) is 12.8. The van der Waals surface area contributed by atoms with Crippen LogP contribution in [0.2, 0.25) is 0 Å². The second kappa shape index (κ2) is 6.42. The van der Waals surface area contributed by atoms with Crippen molar-refractivity contribution in [2.45, 2.75) is 6.10 Å². The van der Waals surface area contributed by atoms with Crippen LogP contribution in [0.3, 0.4) is 0 Å². The molecule has 1 aromatic rings. The Bertz CT molecular complexity index is 303. The first-order chi connectivity index (χ1) is 7.58. The van der Waals surface area contributed by atoms with Crippen molar-refractivity contribution in [3.63, 3.8) is 0 Å². The van der Waals surface area contributed by atoms with Crippen LogP contribution in [0.15, 0.2) is 24.3 Å². The Morgan fingerprint density at radius 2 is 2.00 bits per heavy atom. The molecule has 1 atom stereocenters. The summed E-state index contributed by atoms with van der Waals surface area (Å²) in [7, 11) is 3.68. The summed E-state index contributed by atoms with van der Waals surface area (Å²) in [5.41, 5.74) is 2.93. The van der Waals surface area contributed by atoms with E-state index >= 15 is 0 Å². The van der Waals surface area contributed by atoms with E-state index in [4.69, 9.17) is 4.74 Å². The maximum atomic E-state index is 12.6. The summed E-state index contributed by atoms with van der Waals surface area (Å²) in [4.78, 5) is 0. The summed E-state index contributed by atoms with van der Waals surface area (Å²) >= 11 is 0. The number of hydrogen-bond donors (Lipinski definition) is 2. The largest absolute Gasteiger partial charge is 0.491 e. The SMILES string of the molecule is CN(C)NCC(O)COc1ccc(F)cc1. The van der Waals surface area contributed by atoms with Crippen molar-refractivity contribution in [1.82, 2.24) is 10.4 Å². The highest BCUT2D eigenvalue weighted by molar-refractivity contribution is 5.22. The monoisotopic (exact) mass is 228 g/mol. The van der Waals surface area contributed by atoms with Gasteiger partial charge in [0.15, 0.2) is 0 Å². The Hall–Kier alpha value is -1.17. The molecule has 1 rings (SSSR count). The van der Waals surface area contributed by atoms with Crippen molar-refractivity contribution in [2.24, 2.45) is 0 Å². The molecule has 1 aromatic carbocycles. The third-order valence-corrected chi connectivity index (χ3v) is 1.90. The molecule has 0 saturated heterocycles. The quantitative estimate of drug-likeness (QED) is 0.701. The molecule has 0 amide bonds. The molecular weight excluding hydrogens is 211 g/mol. The predicted molar refractivity (Wildman–Crippen MR) is 59.6 cm³/mol. The Morgan fingerprint density at radius 1 is 1.38 bits per heavy atom. The number of nitrogens with one attached hydrogen (secondary N) is 1. The minimum Gasteiger partial charge on any atom is -0.491 e. The Morgan fingerprint density at radius 3 is 2.56 bits per heavy atom. The minimum atomic E-state index is -0.604. The zero-order valence-electron chi connectivity index (χ0n) is 9.48. The smallest absolute Gasteiger partial charge is 0.123 e. The zero-order valence-corrected chi connectivity index (χ0v) is 9.48. The molecule has 0 saturated carbocycles. The highest BCUT2D eigenvalue weighted by Gasteiger charge is 2.05. The van der Waals surface area contributed by atoms with Gasteiger partial charge < -0.3 is 9.84 Å². The van der Waals surface area contributed by atoms with E-state index in [1.807, 2.05) is 14.1 Å². The maximum absolute atomic E-state index is 12.6. The lowest BCUT2D eigenvalue weighted by Crippen LogP contribution is -2.39. The van der Waals surface area contributed by atoms with E-state index in [1.54, 1.807) is 5.01 Å². The summed E-state index contributed by atoms with van der Waals surface area (Å²) < 4.78 is 17.9. The lowest BCUT2D eigenvalue weighted by Gasteiger charge is -2.16. The first-order valence-corrected chi connectivity index (χ1v) is 5.05. The molecule has 0 heterocycles. The lowest BCUT2D eigenvalue weighted by atomic mass is 10.3. The molecule has 5 heteroatoms. The molecule has 0 spiro atoms. The number of hydrogen-bond acceptors (Lipinski definition) is 4. The van der Waals surface area contributed by atoms with E-state index in [1.165, 1.54) is 24.3 Å². The van der Waals surface area contributed by atoms with Crippen molar-refractivity contribution in [3.8, 4) is 5.75 Å². The van der Waals surface area contributed by atoms with Gasteiger partial charge in [0, 0.05) is 20.6 Å². The van der Waals surface area contributed by atoms with Crippen LogP contribution in [0.25, 0.3) is 0 Å². The van der Waals surface area contributed by atoms with Crippen LogP contribution in [0.5, 0.6) is 5.75 Å². The number of hydrazine groups is 1. The van der Waals surface area contributed by atoms with Crippen molar-refractivity contribution in [3.05, 3.63) is 30.1 Å². The highest BCUT2D eigenvalue weighted by Crippen LogP contribution is 2.10. The van der Waals surface area contributed by atoms with Gasteiger partial charge in [-0.05, 0) is 24.3 Å². The van der Waals surface area contributed by atoms with E-state index < -0.39 is 6.10 Å². The maximum Gasteiger partial charge on any atom is 0.123 e. The van der Waals surface area contributed by atoms with Gasteiger partial charge in [-0.2, -0.15) is 0 Å². The Kier molecular flexibility index (Phi) is 5.18. The first kappa shape index (κ1) is 12.9. The predicted octanol–water partition coefficient (Wildman–Crippen LogP) is 0.632. The van der Waals surface area contributed by atoms with Gasteiger partial charge in [0.1, 0.15) is 24.3 Å². The van der Waals surface area contributed by atoms with E-state index in [0.29, 0.717) is 12.3 Å². The number of aliphatic hydroxyl groups excluding tert-OH is 1. The van der Waals surface area contributed by atoms with Gasteiger partial charge in [-0.3, -0.25) is 10.4 Å². The van der Waals surface area contributed by atoms with Gasteiger partial charge in [-0.25, -0.2) is 4.39 Å². The van der Waals surface area contributed by atoms with E-state index in [2.05, 4.69) is 5.43 Å². The molecule has 0 aliphatic carbocycles. The first-order valence-electron chi connectivity index (χ1n) is 5.05. The fraction of sp³-hybridized carbons (Fsp3) is 0.455. The molecule has 0 aromatic heterocycles. The molecule has 0 radical (unpaired) electrons. The van der Waals surface area contributed by atoms with Crippen molar-refractivity contribution >= 4 is 0 Å². The molecule has 0 bridgehead atoms. The minimum absolute atomic E-state index is 0.173. The average Bonchev–Trinajstić information content (AvgIpc) is 2.25. The molecule has 0 aliphatic rings. The summed E-state index contributed by atoms with van der Waals surface area (Å²) in [6.45, 7) is 0.584. The molecule has 0 aliphatic heterocycles. The lowest BCUT2D eigenvalue weighted by molar-refractivity contribution is 0.0884. The number of benzene rings is 1. The van der Waals surface area contributed by atoms with Gasteiger partial charge in [0.25, 0.3) is 0 Å². The second-order valence-corrected chi connectivity index (χ2v) is 3.68. The Labute approximate surface area is 94.6 Å². The van der Waals surface area contributed by atoms with Crippen molar-refractivity contribution in [2.75, 3.05) is 27.2 Å². The van der Waals surface area contributed by atoms with Crippen LogP contribution < -0.4 is 10.2 Å². The van der Waals surface area contributed by atoms with Gasteiger partial charge in [-0.15, -0.1) is 0 Å². The van der Waals surface area contributed by atoms with Crippen LogP contribution in [0, 0.1) is 5.82 Å². The molecule has 2 N–H and O–H groups in total. The fourth-order valence-electron chi connectivity index (χ4n) is 1.07. The van der Waals surface area contributed by atoms with Crippen LogP contribution in [0.4, 0.5) is 4.39 Å². The van der Waals surface area contributed by atoms with Crippen molar-refractivity contribution in [1.29, 1.82) is 0 Å². The molecule has 4 nitrogen and oxygen atoms in total. The van der Waals surface area contributed by atoms with Crippen LogP contribution >= 0.6 is 0 Å². The van der Waals surface area contributed by atoms with Gasteiger partial charge in [-0.1, -0.05) is 0 Å². The molecule has 90 valence electrons. The van der Waals surface area contributed by atoms with E-state index in [0.717, 1.165) is 0 Å². The second-order valence-electron chi connectivity index (χ2n) is 3.68. The number of nitrogens with zero attached hydrogens (tertiary/aromatic N) is 1. The summed E-state index contributed by atoms with van der Waals surface area (Å²) in [6.07, 6.45) is -0.604. The van der Waals surface area contributed by atoms with E-state index in [9.17, 15) is 9.50 Å². The average molecular weight is 228 g/mol. The van der Waals surface area contributed by atoms with Gasteiger partial charge in [0.05, 0.1) is 0 Å². The Balaban J connectivity index is 2.26. The van der Waals surface area contributed by atoms with Gasteiger partial charge >= 0.3 is 0 Å². The van der Waals surface area contributed by atoms with Gasteiger partial charge in [0.2, 0.25) is 0 Å². The summed E-state index contributed by atoms with van der Waals surface area (Å²) in [5, 5.41) is 11.3. The molecule has 1 unspecified atom stereocenters. The number of rotatable bonds is 6. The van der Waals surface area contributed by atoms with Crippen LogP contribution in [0.1, 0.15) is 0 Å². The van der Waals surface area contributed by atoms with Crippen LogP contribution in [-0.2, 0) is 0 Å². The van der Waals surface area contributed by atoms with Crippen molar-refractivity contribution < 1.29 is 14.2 Å². The van der Waals surface area contributed by atoms with E-state index in [-0.39, 0.29) is 12.4 Å². The molecular formula is C11H17FN2O2. The molecule has 16 heavy (non-hydrogen) atoms. The molecule has 0 fully saturated rings. The number of ether oxygens (including phenoxy) is 1. The van der Waals surface area contributed by atoms with Crippen LogP contribution in [-0.4, -0.2) is 43.5 Å². The number of halogens is 1. The number of aliphatic hydroxyl groups is 1. The zero-order chi connectivity index (χ0) is 12.0. The summed E-state index contributed by atoms with van der Waals surface area (Å²) in [6, 6.07) is 5.70. The fourth-order valence-corrected chi connectivity index (χ4v) is 1.07.